The number of benzene rings is 2. The highest BCUT2D eigenvalue weighted by Crippen LogP contribution is 2.24. The molecule has 29 heavy (non-hydrogen) atoms. The Bertz CT molecular complexity index is 1080. The van der Waals surface area contributed by atoms with Crippen molar-refractivity contribution in [1.82, 2.24) is 20.4 Å². The molecule has 0 unspecified atom stereocenters. The molecule has 2 aromatic carbocycles. The molecule has 0 saturated heterocycles. The van der Waals surface area contributed by atoms with Crippen LogP contribution in [0.3, 0.4) is 0 Å². The maximum Gasteiger partial charge on any atom is 0.191 e. The number of aromatic nitrogens is 2. The Morgan fingerprint density at radius 3 is 2.48 bits per heavy atom. The van der Waals surface area contributed by atoms with Crippen molar-refractivity contribution in [3.05, 3.63) is 83.9 Å². The maximum atomic E-state index is 5.95. The standard InChI is InChI=1S/C22H23N5O.HI/c1-16-19-6-3-4-7-20(19)28-21(16)15-25-22(23-2)24-14-17-8-10-18(11-9-17)27-13-5-12-26-27;/h3-13H,14-15H2,1-2H3,(H2,23,24,25);1H. The predicted molar refractivity (Wildman–Crippen MR) is 127 cm³/mol. The molecule has 2 aromatic heterocycles. The van der Waals surface area contributed by atoms with E-state index in [1.807, 2.05) is 35.1 Å². The molecule has 0 amide bonds. The Kier molecular flexibility index (Phi) is 6.92. The number of nitrogens with zero attached hydrogens (tertiary/aromatic N) is 3. The van der Waals surface area contributed by atoms with E-state index in [9.17, 15) is 0 Å². The van der Waals surface area contributed by atoms with E-state index in [1.54, 1.807) is 13.2 Å². The second-order valence-corrected chi connectivity index (χ2v) is 6.54. The fourth-order valence-corrected chi connectivity index (χ4v) is 3.15. The van der Waals surface area contributed by atoms with Gasteiger partial charge in [-0.15, -0.1) is 24.0 Å². The molecule has 6 nitrogen and oxygen atoms in total. The number of furan rings is 1. The summed E-state index contributed by atoms with van der Waals surface area (Å²) >= 11 is 0. The smallest absolute Gasteiger partial charge is 0.191 e. The molecule has 4 aromatic rings. The second kappa shape index (κ2) is 9.60. The molecule has 2 heterocycles. The topological polar surface area (TPSA) is 67.4 Å². The molecule has 0 saturated carbocycles. The molecule has 4 rings (SSSR count). The molecular formula is C22H24IN5O. The quantitative estimate of drug-likeness (QED) is 0.242. The summed E-state index contributed by atoms with van der Waals surface area (Å²) in [6.45, 7) is 3.34. The van der Waals surface area contributed by atoms with E-state index in [0.717, 1.165) is 33.9 Å². The van der Waals surface area contributed by atoms with Crippen LogP contribution in [0.25, 0.3) is 16.7 Å². The van der Waals surface area contributed by atoms with Crippen LogP contribution in [0.2, 0.25) is 0 Å². The van der Waals surface area contributed by atoms with Crippen molar-refractivity contribution in [2.75, 3.05) is 7.05 Å². The van der Waals surface area contributed by atoms with Crippen molar-refractivity contribution in [2.45, 2.75) is 20.0 Å². The van der Waals surface area contributed by atoms with E-state index in [-0.39, 0.29) is 24.0 Å². The largest absolute Gasteiger partial charge is 0.459 e. The molecule has 7 heteroatoms. The van der Waals surface area contributed by atoms with Crippen molar-refractivity contribution in [1.29, 1.82) is 0 Å². The van der Waals surface area contributed by atoms with Crippen LogP contribution in [0.1, 0.15) is 16.9 Å². The van der Waals surface area contributed by atoms with Crippen LogP contribution in [-0.2, 0) is 13.1 Å². The normalized spacial score (nSPS) is 11.3. The molecule has 0 spiro atoms. The van der Waals surface area contributed by atoms with Crippen LogP contribution in [0.4, 0.5) is 0 Å². The molecule has 0 fully saturated rings. The zero-order valence-corrected chi connectivity index (χ0v) is 18.8. The lowest BCUT2D eigenvalue weighted by Crippen LogP contribution is -2.36. The zero-order chi connectivity index (χ0) is 19.3. The number of halogens is 1. The third-order valence-electron chi connectivity index (χ3n) is 4.75. The van der Waals surface area contributed by atoms with Crippen molar-refractivity contribution in [3.63, 3.8) is 0 Å². The van der Waals surface area contributed by atoms with Crippen LogP contribution in [0, 0.1) is 6.92 Å². The number of para-hydroxylation sites is 1. The third-order valence-corrected chi connectivity index (χ3v) is 4.75. The minimum Gasteiger partial charge on any atom is -0.459 e. The summed E-state index contributed by atoms with van der Waals surface area (Å²) in [6.07, 6.45) is 3.70. The molecule has 0 aliphatic rings. The van der Waals surface area contributed by atoms with Gasteiger partial charge in [-0.2, -0.15) is 5.10 Å². The average molecular weight is 501 g/mol. The van der Waals surface area contributed by atoms with E-state index >= 15 is 0 Å². The Morgan fingerprint density at radius 2 is 1.79 bits per heavy atom. The van der Waals surface area contributed by atoms with Gasteiger partial charge in [0.05, 0.1) is 12.2 Å². The fourth-order valence-electron chi connectivity index (χ4n) is 3.15. The van der Waals surface area contributed by atoms with Crippen LogP contribution < -0.4 is 10.6 Å². The lowest BCUT2D eigenvalue weighted by molar-refractivity contribution is 0.534. The van der Waals surface area contributed by atoms with Gasteiger partial charge in [-0.05, 0) is 36.8 Å². The summed E-state index contributed by atoms with van der Waals surface area (Å²) in [6, 6.07) is 18.3. The van der Waals surface area contributed by atoms with Gasteiger partial charge in [-0.3, -0.25) is 4.99 Å². The van der Waals surface area contributed by atoms with Gasteiger partial charge in [0.1, 0.15) is 11.3 Å². The number of nitrogens with one attached hydrogen (secondary N) is 2. The minimum atomic E-state index is 0. The Hall–Kier alpha value is -2.81. The molecular weight excluding hydrogens is 477 g/mol. The number of hydrogen-bond acceptors (Lipinski definition) is 3. The van der Waals surface area contributed by atoms with Crippen molar-refractivity contribution in [3.8, 4) is 5.69 Å². The molecule has 0 aliphatic carbocycles. The Morgan fingerprint density at radius 1 is 1.03 bits per heavy atom. The number of rotatable bonds is 5. The predicted octanol–water partition coefficient (Wildman–Crippen LogP) is 4.41. The Balaban J connectivity index is 0.00000240. The number of aliphatic imine (C=N–C) groups is 1. The van der Waals surface area contributed by atoms with Crippen LogP contribution in [0.5, 0.6) is 0 Å². The lowest BCUT2D eigenvalue weighted by Gasteiger charge is -2.12. The highest BCUT2D eigenvalue weighted by atomic mass is 127. The van der Waals surface area contributed by atoms with E-state index in [4.69, 9.17) is 4.42 Å². The summed E-state index contributed by atoms with van der Waals surface area (Å²) in [4.78, 5) is 4.30. The third kappa shape index (κ3) is 4.79. The molecule has 0 aliphatic heterocycles. The molecule has 0 bridgehead atoms. The first-order chi connectivity index (χ1) is 13.7. The summed E-state index contributed by atoms with van der Waals surface area (Å²) in [5, 5.41) is 12.1. The fraction of sp³-hybridized carbons (Fsp3) is 0.182. The van der Waals surface area contributed by atoms with Gasteiger partial charge in [0, 0.05) is 36.9 Å². The maximum absolute atomic E-state index is 5.95. The Labute approximate surface area is 187 Å². The van der Waals surface area contributed by atoms with E-state index in [2.05, 4.69) is 58.0 Å². The minimum absolute atomic E-state index is 0. The van der Waals surface area contributed by atoms with Crippen molar-refractivity contribution >= 4 is 40.9 Å². The molecule has 0 radical (unpaired) electrons. The van der Waals surface area contributed by atoms with Crippen molar-refractivity contribution in [2.24, 2.45) is 4.99 Å². The number of fused-ring (bicyclic) bond motifs is 1. The van der Waals surface area contributed by atoms with Gasteiger partial charge in [0.2, 0.25) is 0 Å². The van der Waals surface area contributed by atoms with Crippen molar-refractivity contribution < 1.29 is 4.42 Å². The van der Waals surface area contributed by atoms with Gasteiger partial charge < -0.3 is 15.1 Å². The van der Waals surface area contributed by atoms with Crippen LogP contribution >= 0.6 is 24.0 Å². The molecule has 150 valence electrons. The first kappa shape index (κ1) is 20.9. The monoisotopic (exact) mass is 501 g/mol. The van der Waals surface area contributed by atoms with Gasteiger partial charge in [0.25, 0.3) is 0 Å². The van der Waals surface area contributed by atoms with E-state index in [0.29, 0.717) is 13.1 Å². The van der Waals surface area contributed by atoms with E-state index < -0.39 is 0 Å². The lowest BCUT2D eigenvalue weighted by atomic mass is 10.1. The average Bonchev–Trinajstić information content (AvgIpc) is 3.38. The summed E-state index contributed by atoms with van der Waals surface area (Å²) in [5.41, 5.74) is 4.28. The van der Waals surface area contributed by atoms with Gasteiger partial charge in [-0.1, -0.05) is 30.3 Å². The SMILES string of the molecule is CN=C(NCc1ccc(-n2cccn2)cc1)NCc1oc2ccccc2c1C.I. The first-order valence-corrected chi connectivity index (χ1v) is 9.25. The molecule has 0 atom stereocenters. The first-order valence-electron chi connectivity index (χ1n) is 9.25. The van der Waals surface area contributed by atoms with Crippen LogP contribution in [0.15, 0.2) is 76.4 Å². The molecule has 2 N–H and O–H groups in total. The second-order valence-electron chi connectivity index (χ2n) is 6.54. The summed E-state index contributed by atoms with van der Waals surface area (Å²) in [7, 11) is 1.77. The highest BCUT2D eigenvalue weighted by Gasteiger charge is 2.10. The number of guanidine groups is 1. The van der Waals surface area contributed by atoms with Gasteiger partial charge in [0.15, 0.2) is 5.96 Å². The van der Waals surface area contributed by atoms with E-state index in [1.165, 1.54) is 5.56 Å². The van der Waals surface area contributed by atoms with Gasteiger partial charge in [-0.25, -0.2) is 4.68 Å². The highest BCUT2D eigenvalue weighted by molar-refractivity contribution is 14.0. The summed E-state index contributed by atoms with van der Waals surface area (Å²) in [5.74, 6) is 1.66. The zero-order valence-electron chi connectivity index (χ0n) is 16.4. The van der Waals surface area contributed by atoms with Gasteiger partial charge >= 0.3 is 0 Å². The van der Waals surface area contributed by atoms with Crippen LogP contribution in [-0.4, -0.2) is 22.8 Å². The number of aryl methyl sites for hydroxylation is 1. The summed E-state index contributed by atoms with van der Waals surface area (Å²) < 4.78 is 7.79. The number of hydrogen-bond donors (Lipinski definition) is 2.